The fraction of sp³-hybridized carbons (Fsp3) is 0.533. The molecule has 0 amide bonds. The van der Waals surface area contributed by atoms with Crippen LogP contribution in [0.2, 0.25) is 0 Å². The van der Waals surface area contributed by atoms with Gasteiger partial charge in [0.2, 0.25) is 0 Å². The van der Waals surface area contributed by atoms with Crippen molar-refractivity contribution in [2.24, 2.45) is 0 Å². The van der Waals surface area contributed by atoms with E-state index >= 15 is 0 Å². The molecular formula is C15H21N3O3. The van der Waals surface area contributed by atoms with E-state index in [1.54, 1.807) is 6.07 Å². The molecule has 0 bridgehead atoms. The van der Waals surface area contributed by atoms with Crippen molar-refractivity contribution >= 4 is 17.7 Å². The number of piperazine rings is 1. The van der Waals surface area contributed by atoms with Crippen LogP contribution in [0.25, 0.3) is 0 Å². The van der Waals surface area contributed by atoms with Gasteiger partial charge in [0.1, 0.15) is 12.0 Å². The Balaban J connectivity index is 2.23. The number of nitro benzene ring substituents is 1. The summed E-state index contributed by atoms with van der Waals surface area (Å²) in [5.41, 5.74) is 1.17. The van der Waals surface area contributed by atoms with Gasteiger partial charge in [0.15, 0.2) is 0 Å². The smallest absolute Gasteiger partial charge is 0.292 e. The molecule has 0 aliphatic carbocycles. The van der Waals surface area contributed by atoms with Gasteiger partial charge in [-0.3, -0.25) is 19.8 Å². The topological polar surface area (TPSA) is 66.7 Å². The number of hydrogen-bond donors (Lipinski definition) is 0. The molecule has 1 fully saturated rings. The fourth-order valence-corrected chi connectivity index (χ4v) is 2.64. The lowest BCUT2D eigenvalue weighted by molar-refractivity contribution is -0.384. The predicted molar refractivity (Wildman–Crippen MR) is 82.0 cm³/mol. The van der Waals surface area contributed by atoms with Crippen LogP contribution < -0.4 is 4.90 Å². The highest BCUT2D eigenvalue weighted by atomic mass is 16.6. The zero-order chi connectivity index (χ0) is 15.6. The van der Waals surface area contributed by atoms with Gasteiger partial charge < -0.3 is 4.90 Å². The summed E-state index contributed by atoms with van der Waals surface area (Å²) in [6.45, 7) is 9.65. The van der Waals surface area contributed by atoms with E-state index in [9.17, 15) is 14.9 Å². The van der Waals surface area contributed by atoms with E-state index in [2.05, 4.69) is 25.7 Å². The third kappa shape index (κ3) is 3.39. The van der Waals surface area contributed by atoms with Gasteiger partial charge in [-0.05, 0) is 32.9 Å². The first-order valence-corrected chi connectivity index (χ1v) is 7.06. The maximum Gasteiger partial charge on any atom is 0.292 e. The summed E-state index contributed by atoms with van der Waals surface area (Å²) in [5, 5.41) is 11.2. The second-order valence-electron chi connectivity index (χ2n) is 6.27. The van der Waals surface area contributed by atoms with Gasteiger partial charge in [0, 0.05) is 43.3 Å². The number of carbonyl (C=O) groups excluding carboxylic acids is 1. The van der Waals surface area contributed by atoms with Crippen molar-refractivity contribution in [2.75, 3.05) is 31.1 Å². The lowest BCUT2D eigenvalue weighted by atomic mass is 10.0. The fourth-order valence-electron chi connectivity index (χ4n) is 2.64. The Morgan fingerprint density at radius 3 is 2.29 bits per heavy atom. The quantitative estimate of drug-likeness (QED) is 0.486. The van der Waals surface area contributed by atoms with Crippen molar-refractivity contribution < 1.29 is 9.72 Å². The summed E-state index contributed by atoms with van der Waals surface area (Å²) < 4.78 is 0. The summed E-state index contributed by atoms with van der Waals surface area (Å²) in [6.07, 6.45) is 0.721. The molecule has 1 aliphatic rings. The first-order valence-electron chi connectivity index (χ1n) is 7.06. The predicted octanol–water partition coefficient (Wildman–Crippen LogP) is 2.33. The van der Waals surface area contributed by atoms with Crippen molar-refractivity contribution in [3.63, 3.8) is 0 Å². The van der Waals surface area contributed by atoms with Crippen molar-refractivity contribution in [2.45, 2.75) is 26.3 Å². The molecule has 0 unspecified atom stereocenters. The van der Waals surface area contributed by atoms with Crippen molar-refractivity contribution in [1.29, 1.82) is 0 Å². The monoisotopic (exact) mass is 291 g/mol. The van der Waals surface area contributed by atoms with Crippen LogP contribution in [0.5, 0.6) is 0 Å². The average molecular weight is 291 g/mol. The number of aldehydes is 1. The largest absolute Gasteiger partial charge is 0.363 e. The number of carbonyl (C=O) groups is 1. The maximum atomic E-state index is 11.2. The van der Waals surface area contributed by atoms with E-state index in [-0.39, 0.29) is 16.1 Å². The van der Waals surface area contributed by atoms with Crippen molar-refractivity contribution in [3.8, 4) is 0 Å². The number of nitrogens with zero attached hydrogens (tertiary/aromatic N) is 3. The van der Waals surface area contributed by atoms with E-state index in [1.165, 1.54) is 12.1 Å². The molecule has 1 aromatic carbocycles. The minimum atomic E-state index is -0.389. The Bertz CT molecular complexity index is 544. The number of anilines is 1. The Morgan fingerprint density at radius 2 is 1.81 bits per heavy atom. The molecule has 0 atom stereocenters. The Morgan fingerprint density at radius 1 is 1.19 bits per heavy atom. The molecule has 2 rings (SSSR count). The van der Waals surface area contributed by atoms with Crippen molar-refractivity contribution in [1.82, 2.24) is 4.90 Å². The van der Waals surface area contributed by atoms with Crippen LogP contribution in [0.3, 0.4) is 0 Å². The Labute approximate surface area is 124 Å². The molecule has 21 heavy (non-hydrogen) atoms. The van der Waals surface area contributed by atoms with Gasteiger partial charge in [-0.1, -0.05) is 0 Å². The van der Waals surface area contributed by atoms with Crippen LogP contribution in [0.4, 0.5) is 11.4 Å². The lowest BCUT2D eigenvalue weighted by Crippen LogP contribution is -2.53. The Hall–Kier alpha value is -1.95. The minimum absolute atomic E-state index is 0.0600. The van der Waals surface area contributed by atoms with Crippen LogP contribution in [0.1, 0.15) is 31.1 Å². The van der Waals surface area contributed by atoms with Crippen LogP contribution in [0.15, 0.2) is 18.2 Å². The molecule has 1 heterocycles. The van der Waals surface area contributed by atoms with Gasteiger partial charge in [0.25, 0.3) is 5.69 Å². The number of nitro groups is 1. The average Bonchev–Trinajstić information content (AvgIpc) is 2.45. The summed E-state index contributed by atoms with van der Waals surface area (Å²) >= 11 is 0. The molecule has 1 aliphatic heterocycles. The molecule has 0 radical (unpaired) electrons. The highest BCUT2D eigenvalue weighted by Crippen LogP contribution is 2.30. The van der Waals surface area contributed by atoms with Crippen molar-refractivity contribution in [3.05, 3.63) is 33.9 Å². The molecular weight excluding hydrogens is 270 g/mol. The number of benzene rings is 1. The van der Waals surface area contributed by atoms with Crippen LogP contribution >= 0.6 is 0 Å². The summed E-state index contributed by atoms with van der Waals surface area (Å²) in [6, 6.07) is 4.51. The second kappa shape index (κ2) is 5.81. The molecule has 6 nitrogen and oxygen atoms in total. The first kappa shape index (κ1) is 15.4. The molecule has 0 aromatic heterocycles. The van der Waals surface area contributed by atoms with Gasteiger partial charge in [-0.15, -0.1) is 0 Å². The first-order chi connectivity index (χ1) is 9.82. The molecule has 0 N–H and O–H groups in total. The van der Waals surface area contributed by atoms with E-state index in [0.717, 1.165) is 32.5 Å². The van der Waals surface area contributed by atoms with Crippen LogP contribution in [0, 0.1) is 10.1 Å². The molecule has 114 valence electrons. The lowest BCUT2D eigenvalue weighted by Gasteiger charge is -2.42. The SMILES string of the molecule is CC(C)(C)N1CCN(c2cc(C=O)ccc2[N+](=O)[O-])CC1. The van der Waals surface area contributed by atoms with Gasteiger partial charge >= 0.3 is 0 Å². The third-order valence-corrected chi connectivity index (χ3v) is 3.90. The van der Waals surface area contributed by atoms with E-state index in [1.807, 2.05) is 4.90 Å². The highest BCUT2D eigenvalue weighted by Gasteiger charge is 2.28. The summed E-state index contributed by atoms with van der Waals surface area (Å²) in [5.74, 6) is 0. The molecule has 1 aromatic rings. The van der Waals surface area contributed by atoms with E-state index < -0.39 is 0 Å². The third-order valence-electron chi connectivity index (χ3n) is 3.90. The van der Waals surface area contributed by atoms with E-state index in [4.69, 9.17) is 0 Å². The molecule has 0 saturated carbocycles. The standard InChI is InChI=1S/C15H21N3O3/c1-15(2,3)17-8-6-16(7-9-17)14-10-12(11-19)4-5-13(14)18(20)21/h4-5,10-11H,6-9H2,1-3H3. The van der Waals surface area contributed by atoms with Crippen LogP contribution in [-0.2, 0) is 0 Å². The summed E-state index contributed by atoms with van der Waals surface area (Å²) in [4.78, 5) is 26.0. The molecule has 1 saturated heterocycles. The number of hydrogen-bond acceptors (Lipinski definition) is 5. The van der Waals surface area contributed by atoms with Gasteiger partial charge in [0.05, 0.1) is 4.92 Å². The second-order valence-corrected chi connectivity index (χ2v) is 6.27. The zero-order valence-electron chi connectivity index (χ0n) is 12.7. The molecule has 6 heteroatoms. The van der Waals surface area contributed by atoms with E-state index in [0.29, 0.717) is 11.3 Å². The summed E-state index contributed by atoms with van der Waals surface area (Å²) in [7, 11) is 0. The van der Waals surface area contributed by atoms with Gasteiger partial charge in [-0.2, -0.15) is 0 Å². The normalized spacial score (nSPS) is 16.8. The molecule has 0 spiro atoms. The maximum absolute atomic E-state index is 11.2. The number of rotatable bonds is 3. The Kier molecular flexibility index (Phi) is 4.27. The minimum Gasteiger partial charge on any atom is -0.363 e. The highest BCUT2D eigenvalue weighted by molar-refractivity contribution is 5.80. The van der Waals surface area contributed by atoms with Crippen LogP contribution in [-0.4, -0.2) is 47.8 Å². The van der Waals surface area contributed by atoms with Gasteiger partial charge in [-0.25, -0.2) is 0 Å². The zero-order valence-corrected chi connectivity index (χ0v) is 12.7.